The van der Waals surface area contributed by atoms with Crippen molar-refractivity contribution < 1.29 is 4.42 Å². The first-order valence-corrected chi connectivity index (χ1v) is 17.8. The maximum absolute atomic E-state index is 6.43. The standard InChI is InChI=1S/C45H26N4OS/c1-3-13-27(14-4-1)43-46-44(28-15-5-2-6-16-28)48-45(47-43)35-26-29(25-34-31-18-9-12-22-39(31)51-42(34)35)49-36-20-10-7-17-30(36)32-23-24-38-40(41(32)49)33-19-8-11-21-37(33)50-38/h1-26H. The van der Waals surface area contributed by atoms with Gasteiger partial charge in [0, 0.05) is 58.7 Å². The molecule has 0 spiro atoms. The molecule has 0 amide bonds. The van der Waals surface area contributed by atoms with Crippen LogP contribution >= 0.6 is 11.3 Å². The molecule has 0 unspecified atom stereocenters. The summed E-state index contributed by atoms with van der Waals surface area (Å²) < 4.78 is 11.2. The summed E-state index contributed by atoms with van der Waals surface area (Å²) in [5.41, 5.74) is 7.88. The number of hydrogen-bond donors (Lipinski definition) is 0. The Morgan fingerprint density at radius 2 is 1.10 bits per heavy atom. The van der Waals surface area contributed by atoms with Gasteiger partial charge in [0.05, 0.1) is 16.4 Å². The molecule has 0 fully saturated rings. The highest BCUT2D eigenvalue weighted by molar-refractivity contribution is 7.26. The van der Waals surface area contributed by atoms with Crippen LogP contribution in [-0.4, -0.2) is 19.5 Å². The molecule has 4 heterocycles. The van der Waals surface area contributed by atoms with Crippen molar-refractivity contribution in [3.8, 4) is 39.9 Å². The van der Waals surface area contributed by atoms with Gasteiger partial charge in [-0.1, -0.05) is 115 Å². The number of nitrogens with zero attached hydrogens (tertiary/aromatic N) is 4. The van der Waals surface area contributed by atoms with Gasteiger partial charge in [-0.25, -0.2) is 15.0 Å². The zero-order valence-corrected chi connectivity index (χ0v) is 27.9. The Morgan fingerprint density at radius 1 is 0.471 bits per heavy atom. The Balaban J connectivity index is 1.29. The van der Waals surface area contributed by atoms with E-state index in [-0.39, 0.29) is 0 Å². The van der Waals surface area contributed by atoms with E-state index in [1.807, 2.05) is 48.5 Å². The minimum absolute atomic E-state index is 0.640. The van der Waals surface area contributed by atoms with Crippen molar-refractivity contribution in [2.75, 3.05) is 0 Å². The third-order valence-electron chi connectivity index (χ3n) is 9.84. The summed E-state index contributed by atoms with van der Waals surface area (Å²) in [5.74, 6) is 1.92. The average molecular weight is 671 g/mol. The molecule has 0 bridgehead atoms. The number of thiophene rings is 1. The van der Waals surface area contributed by atoms with Crippen LogP contribution in [0.25, 0.3) is 104 Å². The molecule has 238 valence electrons. The highest BCUT2D eigenvalue weighted by Crippen LogP contribution is 2.45. The van der Waals surface area contributed by atoms with Crippen LogP contribution in [0.1, 0.15) is 0 Å². The van der Waals surface area contributed by atoms with Crippen LogP contribution in [0.5, 0.6) is 0 Å². The van der Waals surface area contributed by atoms with Crippen molar-refractivity contribution in [3.05, 3.63) is 158 Å². The lowest BCUT2D eigenvalue weighted by Gasteiger charge is -2.13. The van der Waals surface area contributed by atoms with Crippen molar-refractivity contribution in [1.82, 2.24) is 19.5 Å². The predicted molar refractivity (Wildman–Crippen MR) is 211 cm³/mol. The zero-order valence-electron chi connectivity index (χ0n) is 27.1. The SMILES string of the molecule is c1ccc(-c2nc(-c3ccccc3)nc(-c3cc(-n4c5ccccc5c5ccc6oc7ccccc7c6c54)cc4c3sc3ccccc34)n2)cc1. The van der Waals surface area contributed by atoms with Crippen molar-refractivity contribution in [1.29, 1.82) is 0 Å². The molecule has 0 radical (unpaired) electrons. The second-order valence-electron chi connectivity index (χ2n) is 12.8. The molecule has 0 atom stereocenters. The summed E-state index contributed by atoms with van der Waals surface area (Å²) in [6.07, 6.45) is 0. The van der Waals surface area contributed by atoms with Gasteiger partial charge in [0.25, 0.3) is 0 Å². The number of hydrogen-bond acceptors (Lipinski definition) is 5. The van der Waals surface area contributed by atoms with Crippen LogP contribution in [0.2, 0.25) is 0 Å². The predicted octanol–water partition coefficient (Wildman–Crippen LogP) is 12.2. The summed E-state index contributed by atoms with van der Waals surface area (Å²) in [6.45, 7) is 0. The molecule has 5 nitrogen and oxygen atoms in total. The second-order valence-corrected chi connectivity index (χ2v) is 13.8. The fraction of sp³-hybridized carbons (Fsp3) is 0. The minimum atomic E-state index is 0.640. The lowest BCUT2D eigenvalue weighted by atomic mass is 10.1. The molecular formula is C45H26N4OS. The maximum atomic E-state index is 6.43. The van der Waals surface area contributed by atoms with Gasteiger partial charge in [-0.3, -0.25) is 0 Å². The molecule has 0 saturated heterocycles. The number of fused-ring (bicyclic) bond motifs is 10. The quantitative estimate of drug-likeness (QED) is 0.187. The van der Waals surface area contributed by atoms with Gasteiger partial charge in [0.1, 0.15) is 11.2 Å². The monoisotopic (exact) mass is 670 g/mol. The van der Waals surface area contributed by atoms with Crippen LogP contribution < -0.4 is 0 Å². The van der Waals surface area contributed by atoms with E-state index in [0.717, 1.165) is 60.0 Å². The van der Waals surface area contributed by atoms with E-state index in [4.69, 9.17) is 19.4 Å². The molecule has 6 heteroatoms. The minimum Gasteiger partial charge on any atom is -0.456 e. The highest BCUT2D eigenvalue weighted by Gasteiger charge is 2.22. The summed E-state index contributed by atoms with van der Waals surface area (Å²) in [4.78, 5) is 15.4. The van der Waals surface area contributed by atoms with Crippen LogP contribution in [0.15, 0.2) is 162 Å². The van der Waals surface area contributed by atoms with Crippen molar-refractivity contribution in [3.63, 3.8) is 0 Å². The molecule has 7 aromatic carbocycles. The van der Waals surface area contributed by atoms with E-state index >= 15 is 0 Å². The number of benzene rings is 7. The van der Waals surface area contributed by atoms with E-state index in [9.17, 15) is 0 Å². The second kappa shape index (κ2) is 10.9. The molecule has 0 aliphatic rings. The number of para-hydroxylation sites is 2. The summed E-state index contributed by atoms with van der Waals surface area (Å²) >= 11 is 1.78. The summed E-state index contributed by atoms with van der Waals surface area (Å²) in [7, 11) is 0. The first kappa shape index (κ1) is 28.2. The van der Waals surface area contributed by atoms with Gasteiger partial charge in [-0.15, -0.1) is 11.3 Å². The molecule has 51 heavy (non-hydrogen) atoms. The number of furan rings is 1. The molecular weight excluding hydrogens is 645 g/mol. The molecule has 11 aromatic rings. The molecule has 0 aliphatic heterocycles. The van der Waals surface area contributed by atoms with E-state index in [0.29, 0.717) is 17.5 Å². The number of rotatable bonds is 4. The van der Waals surface area contributed by atoms with Crippen LogP contribution in [-0.2, 0) is 0 Å². The molecule has 0 aliphatic carbocycles. The Kier molecular flexibility index (Phi) is 6.05. The van der Waals surface area contributed by atoms with Crippen LogP contribution in [0, 0.1) is 0 Å². The van der Waals surface area contributed by atoms with E-state index in [1.165, 1.54) is 26.2 Å². The van der Waals surface area contributed by atoms with E-state index in [2.05, 4.69) is 114 Å². The lowest BCUT2D eigenvalue weighted by molar-refractivity contribution is 0.669. The first-order valence-electron chi connectivity index (χ1n) is 16.9. The van der Waals surface area contributed by atoms with Crippen LogP contribution in [0.4, 0.5) is 0 Å². The van der Waals surface area contributed by atoms with Gasteiger partial charge in [0.2, 0.25) is 0 Å². The third-order valence-corrected chi connectivity index (χ3v) is 11.1. The first-order chi connectivity index (χ1) is 25.3. The Hall–Kier alpha value is -6.63. The van der Waals surface area contributed by atoms with Gasteiger partial charge in [-0.2, -0.15) is 0 Å². The van der Waals surface area contributed by atoms with Gasteiger partial charge in [0.15, 0.2) is 17.5 Å². The zero-order chi connectivity index (χ0) is 33.5. The number of aromatic nitrogens is 4. The van der Waals surface area contributed by atoms with Crippen molar-refractivity contribution >= 4 is 75.3 Å². The Labute approximate surface area is 295 Å². The topological polar surface area (TPSA) is 56.7 Å². The maximum Gasteiger partial charge on any atom is 0.165 e. The average Bonchev–Trinajstić information content (AvgIpc) is 3.87. The highest BCUT2D eigenvalue weighted by atomic mass is 32.1. The summed E-state index contributed by atoms with van der Waals surface area (Å²) in [5, 5.41) is 6.95. The van der Waals surface area contributed by atoms with Gasteiger partial charge < -0.3 is 8.98 Å². The van der Waals surface area contributed by atoms with Gasteiger partial charge in [-0.05, 0) is 42.5 Å². The van der Waals surface area contributed by atoms with Crippen molar-refractivity contribution in [2.45, 2.75) is 0 Å². The normalized spacial score (nSPS) is 11.9. The smallest absolute Gasteiger partial charge is 0.165 e. The van der Waals surface area contributed by atoms with E-state index in [1.54, 1.807) is 11.3 Å². The van der Waals surface area contributed by atoms with E-state index < -0.39 is 0 Å². The molecule has 0 saturated carbocycles. The fourth-order valence-electron chi connectivity index (χ4n) is 7.57. The molecule has 0 N–H and O–H groups in total. The summed E-state index contributed by atoms with van der Waals surface area (Å²) in [6, 6.07) is 54.9. The van der Waals surface area contributed by atoms with Crippen LogP contribution in [0.3, 0.4) is 0 Å². The molecule has 4 aromatic heterocycles. The van der Waals surface area contributed by atoms with Crippen molar-refractivity contribution in [2.24, 2.45) is 0 Å². The van der Waals surface area contributed by atoms with Gasteiger partial charge >= 0.3 is 0 Å². The third kappa shape index (κ3) is 4.30. The largest absolute Gasteiger partial charge is 0.456 e. The lowest BCUT2D eigenvalue weighted by Crippen LogP contribution is -2.01. The molecule has 11 rings (SSSR count). The fourth-order valence-corrected chi connectivity index (χ4v) is 8.76. The Morgan fingerprint density at radius 3 is 1.86 bits per heavy atom. The Bertz CT molecular complexity index is 3080.